The number of halogens is 2. The zero-order valence-corrected chi connectivity index (χ0v) is 22.7. The minimum Gasteiger partial charge on any atom is -0.510 e. The molecule has 3 aliphatic carbocycles. The van der Waals surface area contributed by atoms with Crippen LogP contribution in [-0.4, -0.2) is 82.6 Å². The maximum absolute atomic E-state index is 14.1. The largest absolute Gasteiger partial charge is 0.510 e. The van der Waals surface area contributed by atoms with Gasteiger partial charge < -0.3 is 31.1 Å². The molecule has 4 atom stereocenters. The predicted molar refractivity (Wildman–Crippen MR) is 143 cm³/mol. The number of nitrogens with zero attached hydrogens (tertiary/aromatic N) is 2. The molecule has 3 aliphatic rings. The zero-order chi connectivity index (χ0) is 30.3. The van der Waals surface area contributed by atoms with E-state index in [1.165, 1.54) is 11.0 Å². The van der Waals surface area contributed by atoms with Crippen molar-refractivity contribution in [3.8, 4) is 16.9 Å². The summed E-state index contributed by atoms with van der Waals surface area (Å²) in [5, 5.41) is 45.4. The smallest absolute Gasteiger partial charge is 0.255 e. The van der Waals surface area contributed by atoms with Gasteiger partial charge in [0.25, 0.3) is 5.91 Å². The van der Waals surface area contributed by atoms with Gasteiger partial charge in [-0.1, -0.05) is 6.07 Å². The summed E-state index contributed by atoms with van der Waals surface area (Å²) in [4.78, 5) is 42.8. The number of carbonyl (C=O) groups is 3. The summed E-state index contributed by atoms with van der Waals surface area (Å²) in [6, 6.07) is 3.45. The van der Waals surface area contributed by atoms with Gasteiger partial charge in [0.1, 0.15) is 22.8 Å². The van der Waals surface area contributed by atoms with Crippen LogP contribution in [0.4, 0.5) is 14.5 Å². The number of amides is 1. The molecule has 0 heterocycles. The Balaban J connectivity index is 1.76. The van der Waals surface area contributed by atoms with Gasteiger partial charge in [-0.2, -0.15) is 0 Å². The lowest BCUT2D eigenvalue weighted by Crippen LogP contribution is -2.63. The molecule has 0 fully saturated rings. The second kappa shape index (κ2) is 9.38. The van der Waals surface area contributed by atoms with Crippen molar-refractivity contribution in [3.05, 3.63) is 69.7 Å². The van der Waals surface area contributed by atoms with Crippen LogP contribution in [0, 0.1) is 23.5 Å². The molecule has 0 spiro atoms. The number of aliphatic hydroxyl groups is 3. The number of ketones is 2. The highest BCUT2D eigenvalue weighted by atomic mass is 19.2. The maximum Gasteiger partial charge on any atom is 0.255 e. The van der Waals surface area contributed by atoms with Crippen molar-refractivity contribution in [1.29, 1.82) is 0 Å². The SMILES string of the molecule is CN(C)c1cc(-c2ccc(F)c(F)c2)c(O)c2c1C[C@@H]1C[C@H]3[C@@H](N(C)C)C(O)=C(C(N)=O)C(=O)[C@]3(O)C(O)=C1C2=O. The topological polar surface area (TPSA) is 165 Å². The molecular formula is C29H29F2N3O7. The third-order valence-electron chi connectivity index (χ3n) is 8.41. The van der Waals surface area contributed by atoms with Crippen molar-refractivity contribution in [3.63, 3.8) is 0 Å². The number of anilines is 1. The standard InChI is InChI=1S/C29H29F2N3O7/c1-33(2)18-10-13(11-5-6-16(30)17(31)9-11)23(35)20-14(18)7-12-8-15-22(34(3)4)25(37)21(28(32)40)27(39)29(15,41)26(38)19(12)24(20)36/h5-6,9-10,12,15,22,35,37-38,41H,7-8H2,1-4H3,(H2,32,40)/t12-,15+,22-,29-/m1/s1. The van der Waals surface area contributed by atoms with E-state index in [0.29, 0.717) is 11.3 Å². The second-order valence-corrected chi connectivity index (χ2v) is 11.1. The first kappa shape index (κ1) is 28.2. The number of rotatable bonds is 4. The molecule has 1 amide bonds. The molecule has 0 aromatic heterocycles. The lowest BCUT2D eigenvalue weighted by molar-refractivity contribution is -0.148. The fraction of sp³-hybridized carbons (Fsp3) is 0.345. The monoisotopic (exact) mass is 569 g/mol. The van der Waals surface area contributed by atoms with Crippen molar-refractivity contribution in [2.45, 2.75) is 24.5 Å². The van der Waals surface area contributed by atoms with E-state index in [4.69, 9.17) is 5.73 Å². The van der Waals surface area contributed by atoms with Gasteiger partial charge in [-0.05, 0) is 62.2 Å². The molecule has 6 N–H and O–H groups in total. The second-order valence-electron chi connectivity index (χ2n) is 11.1. The minimum atomic E-state index is -2.76. The molecule has 0 unspecified atom stereocenters. The summed E-state index contributed by atoms with van der Waals surface area (Å²) < 4.78 is 27.7. The summed E-state index contributed by atoms with van der Waals surface area (Å²) in [5.41, 5.74) is 2.18. The Bertz CT molecular complexity index is 1610. The number of primary amides is 1. The lowest BCUT2D eigenvalue weighted by Gasteiger charge is -2.50. The molecule has 5 rings (SSSR count). The summed E-state index contributed by atoms with van der Waals surface area (Å²) in [6.07, 6.45) is 0.0397. The first-order valence-corrected chi connectivity index (χ1v) is 12.8. The van der Waals surface area contributed by atoms with Crippen LogP contribution in [0.15, 0.2) is 46.9 Å². The van der Waals surface area contributed by atoms with Crippen LogP contribution in [0.2, 0.25) is 0 Å². The Morgan fingerprint density at radius 2 is 1.71 bits per heavy atom. The first-order chi connectivity index (χ1) is 19.1. The van der Waals surface area contributed by atoms with E-state index < -0.39 is 75.4 Å². The minimum absolute atomic E-state index is 0.0240. The van der Waals surface area contributed by atoms with Crippen LogP contribution in [-0.2, 0) is 16.0 Å². The molecule has 0 bridgehead atoms. The van der Waals surface area contributed by atoms with E-state index >= 15 is 0 Å². The van der Waals surface area contributed by atoms with Gasteiger partial charge in [-0.3, -0.25) is 19.3 Å². The Kier molecular flexibility index (Phi) is 6.47. The molecule has 12 heteroatoms. The highest BCUT2D eigenvalue weighted by molar-refractivity contribution is 6.25. The Labute approximate surface area is 233 Å². The number of fused-ring (bicyclic) bond motifs is 3. The molecule has 2 aromatic rings. The van der Waals surface area contributed by atoms with Gasteiger partial charge in [0.2, 0.25) is 5.78 Å². The Morgan fingerprint density at radius 3 is 2.27 bits per heavy atom. The highest BCUT2D eigenvalue weighted by Crippen LogP contribution is 2.54. The average molecular weight is 570 g/mol. The molecule has 0 aliphatic heterocycles. The van der Waals surface area contributed by atoms with Gasteiger partial charge in [0.05, 0.1) is 11.6 Å². The first-order valence-electron chi connectivity index (χ1n) is 12.8. The van der Waals surface area contributed by atoms with E-state index in [-0.39, 0.29) is 35.1 Å². The number of phenolic OH excluding ortho intramolecular Hbond substituents is 1. The van der Waals surface area contributed by atoms with Crippen molar-refractivity contribution >= 4 is 23.2 Å². The number of Topliss-reactive ketones (excluding diaryl/α,β-unsaturated/α-hetero) is 2. The van der Waals surface area contributed by atoms with Gasteiger partial charge in [-0.25, -0.2) is 8.78 Å². The van der Waals surface area contributed by atoms with Crippen LogP contribution in [0.3, 0.4) is 0 Å². The summed E-state index contributed by atoms with van der Waals surface area (Å²) in [7, 11) is 6.50. The van der Waals surface area contributed by atoms with Gasteiger partial charge in [0.15, 0.2) is 23.0 Å². The number of nitrogens with two attached hydrogens (primary N) is 1. The van der Waals surface area contributed by atoms with Crippen LogP contribution >= 0.6 is 0 Å². The van der Waals surface area contributed by atoms with E-state index in [0.717, 1.165) is 12.1 Å². The van der Waals surface area contributed by atoms with Crippen molar-refractivity contribution < 1.29 is 43.6 Å². The van der Waals surface area contributed by atoms with Crippen molar-refractivity contribution in [2.75, 3.05) is 33.1 Å². The third kappa shape index (κ3) is 3.85. The predicted octanol–water partition coefficient (Wildman–Crippen LogP) is 2.13. The molecular weight excluding hydrogens is 540 g/mol. The number of hydrogen-bond acceptors (Lipinski definition) is 9. The Hall–Kier alpha value is -4.29. The molecule has 216 valence electrons. The molecule has 41 heavy (non-hydrogen) atoms. The fourth-order valence-corrected chi connectivity index (χ4v) is 6.58. The van der Waals surface area contributed by atoms with Crippen molar-refractivity contribution in [1.82, 2.24) is 4.90 Å². The molecule has 10 nitrogen and oxygen atoms in total. The molecule has 0 saturated carbocycles. The number of likely N-dealkylation sites (N-methyl/N-ethyl adjacent to an activating group) is 1. The van der Waals surface area contributed by atoms with E-state index in [2.05, 4.69) is 0 Å². The molecule has 2 aromatic carbocycles. The average Bonchev–Trinajstić information content (AvgIpc) is 2.87. The van der Waals surface area contributed by atoms with Gasteiger partial charge >= 0.3 is 0 Å². The third-order valence-corrected chi connectivity index (χ3v) is 8.41. The van der Waals surface area contributed by atoms with Gasteiger partial charge in [0, 0.05) is 36.8 Å². The van der Waals surface area contributed by atoms with Crippen LogP contribution in [0.1, 0.15) is 22.3 Å². The van der Waals surface area contributed by atoms with E-state index in [9.17, 15) is 43.6 Å². The number of aliphatic hydroxyl groups excluding tert-OH is 2. The van der Waals surface area contributed by atoms with E-state index in [1.54, 1.807) is 39.2 Å². The Morgan fingerprint density at radius 1 is 1.05 bits per heavy atom. The van der Waals surface area contributed by atoms with Crippen LogP contribution in [0.25, 0.3) is 11.1 Å². The lowest BCUT2D eigenvalue weighted by atomic mass is 9.58. The van der Waals surface area contributed by atoms with Crippen LogP contribution in [0.5, 0.6) is 5.75 Å². The molecule has 0 radical (unpaired) electrons. The van der Waals surface area contributed by atoms with Crippen molar-refractivity contribution in [2.24, 2.45) is 17.6 Å². The summed E-state index contributed by atoms with van der Waals surface area (Å²) in [6.45, 7) is 0. The number of phenols is 1. The maximum atomic E-state index is 14.1. The number of benzene rings is 2. The fourth-order valence-electron chi connectivity index (χ4n) is 6.58. The van der Waals surface area contributed by atoms with Gasteiger partial charge in [-0.15, -0.1) is 0 Å². The number of carbonyl (C=O) groups excluding carboxylic acids is 3. The normalized spacial score (nSPS) is 25.7. The molecule has 0 saturated heterocycles. The van der Waals surface area contributed by atoms with Crippen LogP contribution < -0.4 is 10.6 Å². The number of allylic oxidation sites excluding steroid dienone is 1. The van der Waals surface area contributed by atoms with E-state index in [1.807, 2.05) is 0 Å². The quantitative estimate of drug-likeness (QED) is 0.347. The zero-order valence-electron chi connectivity index (χ0n) is 22.7. The number of aromatic hydroxyl groups is 1. The number of hydrogen-bond donors (Lipinski definition) is 5. The highest BCUT2D eigenvalue weighted by Gasteiger charge is 2.63. The summed E-state index contributed by atoms with van der Waals surface area (Å²) in [5.74, 6) is -9.85. The summed E-state index contributed by atoms with van der Waals surface area (Å²) >= 11 is 0.